The molecule has 0 saturated carbocycles. The molecule has 0 bridgehead atoms. The third-order valence-corrected chi connectivity index (χ3v) is 5.02. The molecule has 1 atom stereocenters. The smallest absolute Gasteiger partial charge is 0.0423 e. The number of benzene rings is 3. The highest BCUT2D eigenvalue weighted by atomic mass is 15.1. The van der Waals surface area contributed by atoms with Gasteiger partial charge in [-0.15, -0.1) is 6.58 Å². The minimum absolute atomic E-state index is 0.145. The van der Waals surface area contributed by atoms with Gasteiger partial charge in [0.1, 0.15) is 0 Å². The maximum atomic E-state index is 4.16. The van der Waals surface area contributed by atoms with Crippen molar-refractivity contribution in [2.75, 3.05) is 7.05 Å². The van der Waals surface area contributed by atoms with E-state index >= 15 is 0 Å². The van der Waals surface area contributed by atoms with Crippen molar-refractivity contribution in [3.63, 3.8) is 0 Å². The van der Waals surface area contributed by atoms with E-state index < -0.39 is 0 Å². The molecule has 136 valence electrons. The van der Waals surface area contributed by atoms with E-state index in [-0.39, 0.29) is 5.92 Å². The molecule has 0 saturated heterocycles. The summed E-state index contributed by atoms with van der Waals surface area (Å²) in [5.41, 5.74) is 6.37. The van der Waals surface area contributed by atoms with Crippen molar-refractivity contribution in [2.45, 2.75) is 19.4 Å². The Bertz CT molecular complexity index is 879. The lowest BCUT2D eigenvalue weighted by molar-refractivity contribution is 0.413. The second kappa shape index (κ2) is 9.05. The lowest BCUT2D eigenvalue weighted by Crippen LogP contribution is -2.18. The molecule has 3 aromatic carbocycles. The molecule has 0 aliphatic carbocycles. The third-order valence-electron chi connectivity index (χ3n) is 5.02. The van der Waals surface area contributed by atoms with Crippen LogP contribution in [0.4, 0.5) is 0 Å². The topological polar surface area (TPSA) is 3.24 Å². The minimum Gasteiger partial charge on any atom is -0.374 e. The Morgan fingerprint density at radius 2 is 1.37 bits per heavy atom. The third kappa shape index (κ3) is 4.57. The Morgan fingerprint density at radius 1 is 0.852 bits per heavy atom. The first-order valence-corrected chi connectivity index (χ1v) is 9.39. The summed E-state index contributed by atoms with van der Waals surface area (Å²) in [5, 5.41) is 0. The average molecular weight is 354 g/mol. The molecule has 0 radical (unpaired) electrons. The molecule has 3 rings (SSSR count). The van der Waals surface area contributed by atoms with Crippen LogP contribution in [-0.2, 0) is 6.54 Å². The van der Waals surface area contributed by atoms with Gasteiger partial charge in [0.2, 0.25) is 0 Å². The molecule has 0 aliphatic heterocycles. The van der Waals surface area contributed by atoms with Gasteiger partial charge in [-0.3, -0.25) is 0 Å². The monoisotopic (exact) mass is 353 g/mol. The highest BCUT2D eigenvalue weighted by Crippen LogP contribution is 2.36. The molecular formula is C26H27N. The molecule has 27 heavy (non-hydrogen) atoms. The molecule has 0 fully saturated rings. The summed E-state index contributed by atoms with van der Waals surface area (Å²) in [6.07, 6.45) is 2.05. The van der Waals surface area contributed by atoms with E-state index in [9.17, 15) is 0 Å². The summed E-state index contributed by atoms with van der Waals surface area (Å²) in [6.45, 7) is 7.25. The van der Waals surface area contributed by atoms with Gasteiger partial charge in [0.15, 0.2) is 0 Å². The molecule has 3 aromatic rings. The van der Waals surface area contributed by atoms with Crippen LogP contribution in [0.2, 0.25) is 0 Å². The van der Waals surface area contributed by atoms with Gasteiger partial charge in [0.25, 0.3) is 0 Å². The van der Waals surface area contributed by atoms with Crippen LogP contribution in [0.1, 0.15) is 29.5 Å². The van der Waals surface area contributed by atoms with Crippen LogP contribution in [-0.4, -0.2) is 11.9 Å². The zero-order valence-corrected chi connectivity index (χ0v) is 16.2. The van der Waals surface area contributed by atoms with E-state index in [0.717, 1.165) is 6.54 Å². The van der Waals surface area contributed by atoms with Gasteiger partial charge < -0.3 is 4.90 Å². The van der Waals surface area contributed by atoms with Gasteiger partial charge in [0.05, 0.1) is 0 Å². The first kappa shape index (κ1) is 18.7. The predicted octanol–water partition coefficient (Wildman–Crippen LogP) is 6.52. The Morgan fingerprint density at radius 3 is 1.93 bits per heavy atom. The van der Waals surface area contributed by atoms with E-state index in [1.54, 1.807) is 0 Å². The Labute approximate surface area is 163 Å². The summed E-state index contributed by atoms with van der Waals surface area (Å²) >= 11 is 0. The van der Waals surface area contributed by atoms with Gasteiger partial charge >= 0.3 is 0 Å². The molecule has 0 heterocycles. The SMILES string of the molecule is C=CC(C(=C(C)N(C)Cc1ccccc1)c1ccccc1)c1ccccc1. The zero-order chi connectivity index (χ0) is 19.1. The van der Waals surface area contributed by atoms with Gasteiger partial charge in [-0.1, -0.05) is 97.1 Å². The fourth-order valence-corrected chi connectivity index (χ4v) is 3.49. The van der Waals surface area contributed by atoms with Crippen molar-refractivity contribution in [3.05, 3.63) is 126 Å². The zero-order valence-electron chi connectivity index (χ0n) is 16.2. The largest absolute Gasteiger partial charge is 0.374 e. The number of hydrogen-bond acceptors (Lipinski definition) is 1. The van der Waals surface area contributed by atoms with Crippen LogP contribution in [0, 0.1) is 0 Å². The Kier molecular flexibility index (Phi) is 6.27. The van der Waals surface area contributed by atoms with Crippen molar-refractivity contribution in [3.8, 4) is 0 Å². The van der Waals surface area contributed by atoms with E-state index in [4.69, 9.17) is 0 Å². The summed E-state index contributed by atoms with van der Waals surface area (Å²) in [5.74, 6) is 0.145. The molecule has 0 aromatic heterocycles. The molecule has 0 N–H and O–H groups in total. The summed E-state index contributed by atoms with van der Waals surface area (Å²) < 4.78 is 0. The van der Waals surface area contributed by atoms with E-state index in [1.807, 2.05) is 0 Å². The maximum Gasteiger partial charge on any atom is 0.0423 e. The lowest BCUT2D eigenvalue weighted by Gasteiger charge is -2.28. The predicted molar refractivity (Wildman–Crippen MR) is 116 cm³/mol. The summed E-state index contributed by atoms with van der Waals surface area (Å²) in [7, 11) is 2.16. The summed E-state index contributed by atoms with van der Waals surface area (Å²) in [6, 6.07) is 31.9. The molecule has 1 nitrogen and oxygen atoms in total. The minimum atomic E-state index is 0.145. The Hall–Kier alpha value is -3.06. The molecule has 0 spiro atoms. The number of nitrogens with zero attached hydrogens (tertiary/aromatic N) is 1. The van der Waals surface area contributed by atoms with Gasteiger partial charge in [0, 0.05) is 25.2 Å². The van der Waals surface area contributed by atoms with Crippen LogP contribution >= 0.6 is 0 Å². The van der Waals surface area contributed by atoms with Crippen LogP contribution in [0.3, 0.4) is 0 Å². The van der Waals surface area contributed by atoms with Crippen LogP contribution in [0.5, 0.6) is 0 Å². The second-order valence-electron chi connectivity index (χ2n) is 6.83. The van der Waals surface area contributed by atoms with E-state index in [0.29, 0.717) is 0 Å². The Balaban J connectivity index is 2.05. The summed E-state index contributed by atoms with van der Waals surface area (Å²) in [4.78, 5) is 2.33. The van der Waals surface area contributed by atoms with Crippen molar-refractivity contribution in [2.24, 2.45) is 0 Å². The lowest BCUT2D eigenvalue weighted by atomic mass is 9.85. The molecule has 0 aliphatic rings. The number of hydrogen-bond donors (Lipinski definition) is 0. The van der Waals surface area contributed by atoms with Gasteiger partial charge in [-0.2, -0.15) is 0 Å². The standard InChI is InChI=1S/C26H27N/c1-4-25(23-16-10-6-11-17-23)26(24-18-12-7-13-19-24)21(2)27(3)20-22-14-8-5-9-15-22/h4-19,25H,1,20H2,2-3H3. The first-order chi connectivity index (χ1) is 13.2. The molecule has 1 unspecified atom stereocenters. The van der Waals surface area contributed by atoms with Crippen molar-refractivity contribution in [1.29, 1.82) is 0 Å². The normalized spacial score (nSPS) is 12.8. The van der Waals surface area contributed by atoms with E-state index in [1.165, 1.54) is 28.0 Å². The number of rotatable bonds is 7. The van der Waals surface area contributed by atoms with Crippen molar-refractivity contribution in [1.82, 2.24) is 4.90 Å². The van der Waals surface area contributed by atoms with Crippen molar-refractivity contribution >= 4 is 5.57 Å². The fourth-order valence-electron chi connectivity index (χ4n) is 3.49. The average Bonchev–Trinajstić information content (AvgIpc) is 2.73. The van der Waals surface area contributed by atoms with E-state index in [2.05, 4.69) is 123 Å². The number of allylic oxidation sites excluding steroid dienone is 3. The van der Waals surface area contributed by atoms with Gasteiger partial charge in [-0.25, -0.2) is 0 Å². The highest BCUT2D eigenvalue weighted by Gasteiger charge is 2.19. The second-order valence-corrected chi connectivity index (χ2v) is 6.83. The first-order valence-electron chi connectivity index (χ1n) is 9.39. The van der Waals surface area contributed by atoms with Crippen LogP contribution < -0.4 is 0 Å². The molecule has 1 heteroatoms. The molecule has 0 amide bonds. The molecular weight excluding hydrogens is 326 g/mol. The highest BCUT2D eigenvalue weighted by molar-refractivity contribution is 5.75. The fraction of sp³-hybridized carbons (Fsp3) is 0.154. The maximum absolute atomic E-state index is 4.16. The van der Waals surface area contributed by atoms with Crippen LogP contribution in [0.15, 0.2) is 109 Å². The van der Waals surface area contributed by atoms with Crippen LogP contribution in [0.25, 0.3) is 5.57 Å². The van der Waals surface area contributed by atoms with Gasteiger partial charge in [-0.05, 0) is 29.2 Å². The van der Waals surface area contributed by atoms with Crippen molar-refractivity contribution < 1.29 is 0 Å². The quantitative estimate of drug-likeness (QED) is 0.437.